The average Bonchev–Trinajstić information content (AvgIpc) is 2.83. The van der Waals surface area contributed by atoms with Crippen LogP contribution in [0.25, 0.3) is 10.9 Å². The number of fused-ring (bicyclic) bond motifs is 1. The van der Waals surface area contributed by atoms with Crippen LogP contribution >= 0.6 is 0 Å². The van der Waals surface area contributed by atoms with Crippen LogP contribution in [0.2, 0.25) is 0 Å². The van der Waals surface area contributed by atoms with Crippen LogP contribution in [0.5, 0.6) is 5.75 Å². The van der Waals surface area contributed by atoms with E-state index < -0.39 is 124 Å². The lowest BCUT2D eigenvalue weighted by Gasteiger charge is -2.28. The topological polar surface area (TPSA) is 82.2 Å². The van der Waals surface area contributed by atoms with E-state index >= 15 is 0 Å². The third kappa shape index (κ3) is 4.04. The van der Waals surface area contributed by atoms with Gasteiger partial charge in [-0.15, -0.1) is 0 Å². The summed E-state index contributed by atoms with van der Waals surface area (Å²) in [6, 6.07) is -5.33. The number of phenolic OH excluding ortho intramolecular Hbond substituents is 1. The number of para-hydroxylation sites is 1. The second kappa shape index (κ2) is 7.07. The standard InChI is InChI=1S/C24H28N2O3/c1-23(2,3)16-11-17(24(4,5)6)20(27)12-19(16)26-22(29)15-13-25-18-10-8-7-9-14(18)21(15)28/h7-13,27H,1-6H3,(H,25,28)(H,26,29)/i4D3,5D3,6D3,7D,8D,9D,10D,11D,12D,13D. The van der Waals surface area contributed by atoms with Crippen molar-refractivity contribution in [3.63, 3.8) is 0 Å². The van der Waals surface area contributed by atoms with Crippen LogP contribution in [0.4, 0.5) is 5.69 Å². The number of H-pyrrole nitrogens is 1. The van der Waals surface area contributed by atoms with Gasteiger partial charge >= 0.3 is 0 Å². The molecule has 0 spiro atoms. The maximum atomic E-state index is 13.5. The quantitative estimate of drug-likeness (QED) is 0.553. The average molecular weight is 409 g/mol. The molecular weight excluding hydrogens is 364 g/mol. The maximum Gasteiger partial charge on any atom is 0.261 e. The van der Waals surface area contributed by atoms with Gasteiger partial charge in [-0.3, -0.25) is 9.59 Å². The summed E-state index contributed by atoms with van der Waals surface area (Å²) in [5, 5.41) is 12.6. The molecule has 3 N–H and O–H groups in total. The normalized spacial score (nSPS) is 21.5. The first-order chi connectivity index (χ1) is 20.1. The Morgan fingerprint density at radius 2 is 1.79 bits per heavy atom. The fourth-order valence-corrected chi connectivity index (χ4v) is 2.64. The summed E-state index contributed by atoms with van der Waals surface area (Å²) in [5.41, 5.74) is -10.6. The number of amides is 1. The summed E-state index contributed by atoms with van der Waals surface area (Å²) in [6.45, 7) is -7.51. The molecular formula is C24H28N2O3. The van der Waals surface area contributed by atoms with Crippen molar-refractivity contribution < 1.29 is 31.8 Å². The largest absolute Gasteiger partial charge is 0.508 e. The van der Waals surface area contributed by atoms with Gasteiger partial charge in [-0.25, -0.2) is 0 Å². The van der Waals surface area contributed by atoms with Crippen LogP contribution in [-0.4, -0.2) is 16.0 Å². The molecule has 0 saturated heterocycles. The summed E-state index contributed by atoms with van der Waals surface area (Å²) in [6.07, 6.45) is -0.906. The number of aromatic amines is 1. The van der Waals surface area contributed by atoms with E-state index in [-0.39, 0.29) is 0 Å². The number of benzene rings is 2. The smallest absolute Gasteiger partial charge is 0.261 e. The van der Waals surface area contributed by atoms with Gasteiger partial charge in [0.1, 0.15) is 11.3 Å². The number of anilines is 1. The summed E-state index contributed by atoms with van der Waals surface area (Å²) < 4.78 is 130. The predicted octanol–water partition coefficient (Wildman–Crippen LogP) is 5.08. The number of aromatic nitrogens is 1. The number of carbonyl (C=O) groups is 1. The Balaban J connectivity index is 2.48. The van der Waals surface area contributed by atoms with Crippen LogP contribution in [0, 0.1) is 0 Å². The maximum absolute atomic E-state index is 13.5. The van der Waals surface area contributed by atoms with E-state index in [9.17, 15) is 14.7 Å². The second-order valence-corrected chi connectivity index (χ2v) is 7.38. The van der Waals surface area contributed by atoms with E-state index in [0.717, 1.165) is 0 Å². The lowest BCUT2D eigenvalue weighted by Crippen LogP contribution is -2.25. The molecule has 0 unspecified atom stereocenters. The highest BCUT2D eigenvalue weighted by molar-refractivity contribution is 6.06. The minimum Gasteiger partial charge on any atom is -0.508 e. The zero-order valence-corrected chi connectivity index (χ0v) is 15.8. The summed E-state index contributed by atoms with van der Waals surface area (Å²) in [5.74, 6) is -2.99. The number of hydrogen-bond acceptors (Lipinski definition) is 3. The zero-order valence-electron chi connectivity index (χ0n) is 31.8. The first kappa shape index (κ1) is 8.34. The van der Waals surface area contributed by atoms with E-state index in [0.29, 0.717) is 0 Å². The number of hydrogen-bond donors (Lipinski definition) is 3. The molecule has 0 atom stereocenters. The van der Waals surface area contributed by atoms with Crippen LogP contribution < -0.4 is 10.7 Å². The highest BCUT2D eigenvalue weighted by Crippen LogP contribution is 2.39. The Bertz CT molecular complexity index is 1760. The third-order valence-electron chi connectivity index (χ3n) is 4.02. The molecule has 0 saturated carbocycles. The Morgan fingerprint density at radius 1 is 1.10 bits per heavy atom. The molecule has 0 radical (unpaired) electrons. The SMILES string of the molecule is [2H]c1[nH]c2c([2H])c([2H])c([2H])c([2H])c2c(=O)c1C(=O)Nc1c([2H])c(O)c(C(C([2H])([2H])[2H])(C([2H])([2H])[2H])C([2H])([2H])[2H])c([2H])c1C(C)(C)C. The molecule has 0 aliphatic heterocycles. The molecule has 0 aliphatic rings. The van der Waals surface area contributed by atoms with Crippen LogP contribution in [0.1, 0.15) is 84.7 Å². The number of aromatic hydroxyl groups is 1. The second-order valence-electron chi connectivity index (χ2n) is 7.38. The zero-order chi connectivity index (χ0) is 35.2. The van der Waals surface area contributed by atoms with E-state index in [1.807, 2.05) is 0 Å². The van der Waals surface area contributed by atoms with Crippen LogP contribution in [-0.2, 0) is 10.8 Å². The van der Waals surface area contributed by atoms with Crippen LogP contribution in [0.15, 0.2) is 47.2 Å². The highest BCUT2D eigenvalue weighted by atomic mass is 16.3. The number of pyridine rings is 1. The van der Waals surface area contributed by atoms with Crippen molar-refractivity contribution in [2.45, 2.75) is 52.2 Å². The van der Waals surface area contributed by atoms with E-state index in [1.54, 1.807) is 0 Å². The summed E-state index contributed by atoms with van der Waals surface area (Å²) >= 11 is 0. The molecule has 3 rings (SSSR count). The Kier molecular flexibility index (Phi) is 2.03. The van der Waals surface area contributed by atoms with Gasteiger partial charge in [-0.1, -0.05) is 53.4 Å². The first-order valence-electron chi connectivity index (χ1n) is 16.4. The fraction of sp³-hybridized carbons (Fsp3) is 0.333. The third-order valence-corrected chi connectivity index (χ3v) is 4.02. The Labute approximate surface area is 193 Å². The van der Waals surface area contributed by atoms with Gasteiger partial charge < -0.3 is 15.4 Å². The van der Waals surface area contributed by atoms with Gasteiger partial charge in [0.2, 0.25) is 5.43 Å². The lowest BCUT2D eigenvalue weighted by molar-refractivity contribution is 0.102. The molecule has 5 nitrogen and oxygen atoms in total. The van der Waals surface area contributed by atoms with Crippen molar-refractivity contribution in [1.82, 2.24) is 4.98 Å². The molecule has 152 valence electrons. The van der Waals surface area contributed by atoms with Gasteiger partial charge in [0.05, 0.1) is 9.60 Å². The van der Waals surface area contributed by atoms with Gasteiger partial charge in [0, 0.05) is 41.1 Å². The monoisotopic (exact) mass is 408 g/mol. The molecule has 0 bridgehead atoms. The minimum atomic E-state index is -3.90. The predicted molar refractivity (Wildman–Crippen MR) is 118 cm³/mol. The van der Waals surface area contributed by atoms with Crippen molar-refractivity contribution >= 4 is 22.5 Å². The van der Waals surface area contributed by atoms with Gasteiger partial charge in [0.15, 0.2) is 0 Å². The number of nitrogens with one attached hydrogen (secondary N) is 2. The molecule has 1 heterocycles. The molecule has 3 aromatic rings. The molecule has 1 amide bonds. The molecule has 1 aromatic heterocycles. The van der Waals surface area contributed by atoms with Crippen LogP contribution in [0.3, 0.4) is 0 Å². The molecule has 0 fully saturated rings. The number of rotatable bonds is 2. The minimum absolute atomic E-state index is 0.463. The van der Waals surface area contributed by atoms with Crippen molar-refractivity contribution in [1.29, 1.82) is 0 Å². The Hall–Kier alpha value is -3.08. The summed E-state index contributed by atoms with van der Waals surface area (Å²) in [4.78, 5) is 29.2. The van der Waals surface area contributed by atoms with Gasteiger partial charge in [-0.05, 0) is 40.1 Å². The molecule has 29 heavy (non-hydrogen) atoms. The first-order valence-corrected chi connectivity index (χ1v) is 8.38. The number of phenols is 1. The number of carbonyl (C=O) groups excluding carboxylic acids is 1. The highest BCUT2D eigenvalue weighted by Gasteiger charge is 2.26. The van der Waals surface area contributed by atoms with Crippen molar-refractivity contribution in [3.05, 3.63) is 69.3 Å². The fourth-order valence-electron chi connectivity index (χ4n) is 2.64. The van der Waals surface area contributed by atoms with Crippen molar-refractivity contribution in [3.8, 4) is 5.75 Å². The molecule has 2 aromatic carbocycles. The molecule has 5 heteroatoms. The van der Waals surface area contributed by atoms with Crippen molar-refractivity contribution in [2.75, 3.05) is 5.32 Å². The van der Waals surface area contributed by atoms with E-state index in [4.69, 9.17) is 21.9 Å². The Morgan fingerprint density at radius 3 is 2.45 bits per heavy atom. The van der Waals surface area contributed by atoms with Gasteiger partial charge in [0.25, 0.3) is 5.91 Å². The lowest BCUT2D eigenvalue weighted by atomic mass is 9.79. The molecule has 0 aliphatic carbocycles. The van der Waals surface area contributed by atoms with Crippen molar-refractivity contribution in [2.24, 2.45) is 0 Å². The summed E-state index contributed by atoms with van der Waals surface area (Å²) in [7, 11) is 0. The van der Waals surface area contributed by atoms with E-state index in [1.165, 1.54) is 20.8 Å². The van der Waals surface area contributed by atoms with E-state index in [2.05, 4.69) is 10.3 Å². The van der Waals surface area contributed by atoms with Gasteiger partial charge in [-0.2, -0.15) is 0 Å².